The fraction of sp³-hybridized carbons (Fsp3) is 0.333. The summed E-state index contributed by atoms with van der Waals surface area (Å²) >= 11 is 0. The molecule has 0 bridgehead atoms. The highest BCUT2D eigenvalue weighted by atomic mass is 19.1. The summed E-state index contributed by atoms with van der Waals surface area (Å²) in [7, 11) is 2.00. The largest absolute Gasteiger partial charge is 0.366 e. The van der Waals surface area contributed by atoms with Crippen LogP contribution in [0.4, 0.5) is 10.1 Å². The first kappa shape index (κ1) is 15.5. The van der Waals surface area contributed by atoms with Crippen molar-refractivity contribution < 1.29 is 4.39 Å². The van der Waals surface area contributed by atoms with Crippen molar-refractivity contribution in [3.63, 3.8) is 0 Å². The van der Waals surface area contributed by atoms with Gasteiger partial charge in [0.25, 0.3) is 0 Å². The van der Waals surface area contributed by atoms with Crippen molar-refractivity contribution in [1.29, 1.82) is 0 Å². The number of nitrogens with zero attached hydrogens (tertiary/aromatic N) is 1. The molecule has 2 nitrogen and oxygen atoms in total. The van der Waals surface area contributed by atoms with Gasteiger partial charge in [-0.2, -0.15) is 0 Å². The summed E-state index contributed by atoms with van der Waals surface area (Å²) in [6.45, 7) is 6.86. The highest BCUT2D eigenvalue weighted by molar-refractivity contribution is 5.50. The lowest BCUT2D eigenvalue weighted by molar-refractivity contribution is 0.626. The zero-order chi connectivity index (χ0) is 15.6. The van der Waals surface area contributed by atoms with Crippen LogP contribution in [0.25, 0.3) is 0 Å². The topological polar surface area (TPSA) is 29.3 Å². The van der Waals surface area contributed by atoms with Crippen molar-refractivity contribution in [2.45, 2.75) is 26.8 Å². The van der Waals surface area contributed by atoms with Gasteiger partial charge in [0, 0.05) is 19.3 Å². The predicted octanol–water partition coefficient (Wildman–Crippen LogP) is 3.89. The smallest absolute Gasteiger partial charge is 0.123 e. The monoisotopic (exact) mass is 286 g/mol. The number of likely N-dealkylation sites (N-methyl/N-ethyl adjacent to an activating group) is 1. The van der Waals surface area contributed by atoms with Crippen LogP contribution in [-0.2, 0) is 0 Å². The predicted molar refractivity (Wildman–Crippen MR) is 87.3 cm³/mol. The first-order chi connectivity index (χ1) is 9.93. The summed E-state index contributed by atoms with van der Waals surface area (Å²) in [5.74, 6) is -0.223. The van der Waals surface area contributed by atoms with Crippen LogP contribution in [0, 0.1) is 26.6 Å². The van der Waals surface area contributed by atoms with Gasteiger partial charge >= 0.3 is 0 Å². The second-order valence-electron chi connectivity index (χ2n) is 5.63. The Bertz CT molecular complexity index is 620. The molecule has 0 saturated heterocycles. The van der Waals surface area contributed by atoms with Crippen molar-refractivity contribution in [2.24, 2.45) is 5.73 Å². The molecular formula is C18H23FN2. The summed E-state index contributed by atoms with van der Waals surface area (Å²) in [5, 5.41) is 0. The fourth-order valence-electron chi connectivity index (χ4n) is 2.69. The lowest BCUT2D eigenvalue weighted by Gasteiger charge is -2.31. The molecule has 0 saturated carbocycles. The van der Waals surface area contributed by atoms with Gasteiger partial charge in [-0.25, -0.2) is 4.39 Å². The van der Waals surface area contributed by atoms with E-state index in [-0.39, 0.29) is 11.9 Å². The van der Waals surface area contributed by atoms with Crippen LogP contribution in [0.3, 0.4) is 0 Å². The Kier molecular flexibility index (Phi) is 4.63. The molecule has 0 amide bonds. The van der Waals surface area contributed by atoms with E-state index >= 15 is 0 Å². The van der Waals surface area contributed by atoms with E-state index in [1.165, 1.54) is 34.4 Å². The minimum absolute atomic E-state index is 0.0785. The standard InChI is InChI=1S/C18H23FN2/c1-12-9-14(3)17(10-13(12)2)18(11-20)21(4)16-7-5-15(19)6-8-16/h5-10,18H,11,20H2,1-4H3. The van der Waals surface area contributed by atoms with Crippen LogP contribution in [0.2, 0.25) is 0 Å². The van der Waals surface area contributed by atoms with Crippen LogP contribution >= 0.6 is 0 Å². The molecule has 0 heterocycles. The number of hydrogen-bond donors (Lipinski definition) is 1. The van der Waals surface area contributed by atoms with Gasteiger partial charge in [0.15, 0.2) is 0 Å². The highest BCUT2D eigenvalue weighted by Crippen LogP contribution is 2.29. The van der Waals surface area contributed by atoms with E-state index in [0.29, 0.717) is 6.54 Å². The normalized spacial score (nSPS) is 12.3. The fourth-order valence-corrected chi connectivity index (χ4v) is 2.69. The quantitative estimate of drug-likeness (QED) is 0.924. The SMILES string of the molecule is Cc1cc(C)c(C(CN)N(C)c2ccc(F)cc2)cc1C. The van der Waals surface area contributed by atoms with E-state index in [1.807, 2.05) is 7.05 Å². The van der Waals surface area contributed by atoms with Crippen molar-refractivity contribution in [2.75, 3.05) is 18.5 Å². The average Bonchev–Trinajstić information content (AvgIpc) is 2.45. The van der Waals surface area contributed by atoms with Crippen LogP contribution < -0.4 is 10.6 Å². The molecule has 2 rings (SSSR count). The molecule has 112 valence electrons. The molecule has 1 unspecified atom stereocenters. The van der Waals surface area contributed by atoms with Crippen molar-refractivity contribution in [1.82, 2.24) is 0 Å². The van der Waals surface area contributed by atoms with Gasteiger partial charge in [0.1, 0.15) is 5.82 Å². The van der Waals surface area contributed by atoms with E-state index in [9.17, 15) is 4.39 Å². The maximum absolute atomic E-state index is 13.1. The molecule has 3 heteroatoms. The maximum atomic E-state index is 13.1. The van der Waals surface area contributed by atoms with E-state index in [0.717, 1.165) is 5.69 Å². The molecule has 2 N–H and O–H groups in total. The van der Waals surface area contributed by atoms with Crippen molar-refractivity contribution in [3.8, 4) is 0 Å². The molecule has 1 atom stereocenters. The Morgan fingerprint density at radius 2 is 1.57 bits per heavy atom. The molecule has 0 aliphatic rings. The van der Waals surface area contributed by atoms with Crippen molar-refractivity contribution >= 4 is 5.69 Å². The zero-order valence-corrected chi connectivity index (χ0v) is 13.2. The number of nitrogens with two attached hydrogens (primary N) is 1. The summed E-state index contributed by atoms with van der Waals surface area (Å²) in [6, 6.07) is 11.0. The van der Waals surface area contributed by atoms with Gasteiger partial charge in [-0.05, 0) is 67.3 Å². The second-order valence-corrected chi connectivity index (χ2v) is 5.63. The minimum atomic E-state index is -0.223. The number of anilines is 1. The molecule has 0 spiro atoms. The molecular weight excluding hydrogens is 263 g/mol. The number of hydrogen-bond acceptors (Lipinski definition) is 2. The van der Waals surface area contributed by atoms with Gasteiger partial charge in [0.05, 0.1) is 6.04 Å². The van der Waals surface area contributed by atoms with Gasteiger partial charge in [-0.3, -0.25) is 0 Å². The van der Waals surface area contributed by atoms with E-state index < -0.39 is 0 Å². The van der Waals surface area contributed by atoms with Crippen LogP contribution in [0.1, 0.15) is 28.3 Å². The molecule has 0 fully saturated rings. The number of halogens is 1. The molecule has 21 heavy (non-hydrogen) atoms. The Labute approximate surface area is 126 Å². The lowest BCUT2D eigenvalue weighted by atomic mass is 9.95. The van der Waals surface area contributed by atoms with Crippen molar-refractivity contribution in [3.05, 3.63) is 64.5 Å². The molecule has 2 aromatic rings. The molecule has 0 aromatic heterocycles. The third kappa shape index (κ3) is 3.24. The van der Waals surface area contributed by atoms with Crippen LogP contribution in [0.5, 0.6) is 0 Å². The third-order valence-corrected chi connectivity index (χ3v) is 4.17. The first-order valence-corrected chi connectivity index (χ1v) is 7.20. The number of aryl methyl sites for hydroxylation is 3. The summed E-state index contributed by atoms with van der Waals surface area (Å²) in [4.78, 5) is 2.11. The van der Waals surface area contributed by atoms with E-state index in [2.05, 4.69) is 37.8 Å². The molecule has 0 radical (unpaired) electrons. The van der Waals surface area contributed by atoms with Crippen LogP contribution in [0.15, 0.2) is 36.4 Å². The van der Waals surface area contributed by atoms with Gasteiger partial charge in [-0.15, -0.1) is 0 Å². The number of rotatable bonds is 4. The second kappa shape index (κ2) is 6.27. The van der Waals surface area contributed by atoms with Gasteiger partial charge in [0.2, 0.25) is 0 Å². The molecule has 0 aliphatic carbocycles. The number of benzene rings is 2. The molecule has 2 aromatic carbocycles. The Morgan fingerprint density at radius 1 is 1.00 bits per heavy atom. The summed E-state index contributed by atoms with van der Waals surface area (Å²) in [5.41, 5.74) is 12.0. The maximum Gasteiger partial charge on any atom is 0.123 e. The average molecular weight is 286 g/mol. The van der Waals surface area contributed by atoms with E-state index in [1.54, 1.807) is 12.1 Å². The Balaban J connectivity index is 2.39. The summed E-state index contributed by atoms with van der Waals surface area (Å²) < 4.78 is 13.1. The van der Waals surface area contributed by atoms with Gasteiger partial charge in [-0.1, -0.05) is 12.1 Å². The summed E-state index contributed by atoms with van der Waals surface area (Å²) in [6.07, 6.45) is 0. The first-order valence-electron chi connectivity index (χ1n) is 7.20. The van der Waals surface area contributed by atoms with Gasteiger partial charge < -0.3 is 10.6 Å². The Hall–Kier alpha value is -1.87. The zero-order valence-electron chi connectivity index (χ0n) is 13.2. The highest BCUT2D eigenvalue weighted by Gasteiger charge is 2.18. The lowest BCUT2D eigenvalue weighted by Crippen LogP contribution is -2.31. The molecule has 0 aliphatic heterocycles. The minimum Gasteiger partial charge on any atom is -0.366 e. The van der Waals surface area contributed by atoms with Crippen LogP contribution in [-0.4, -0.2) is 13.6 Å². The third-order valence-electron chi connectivity index (χ3n) is 4.17. The Morgan fingerprint density at radius 3 is 2.14 bits per heavy atom. The van der Waals surface area contributed by atoms with E-state index in [4.69, 9.17) is 5.73 Å².